The molecule has 0 spiro atoms. The molecule has 0 radical (unpaired) electrons. The average Bonchev–Trinajstić information content (AvgIpc) is 2.43. The fraction of sp³-hybridized carbons (Fsp3) is 0.462. The van der Waals surface area contributed by atoms with Crippen LogP contribution in [0.25, 0.3) is 0 Å². The van der Waals surface area contributed by atoms with Gasteiger partial charge in [0.05, 0.1) is 25.9 Å². The van der Waals surface area contributed by atoms with Crippen LogP contribution in [-0.2, 0) is 0 Å². The standard InChI is InChI=1S/C13H19NO4/c1-4-9(15)8-14-13(16)11-6-5-10(17-2)7-12(11)18-3/h5-7,9,15H,4,8H2,1-3H3,(H,14,16). The molecule has 1 aromatic rings. The lowest BCUT2D eigenvalue weighted by Crippen LogP contribution is -2.31. The van der Waals surface area contributed by atoms with E-state index in [1.165, 1.54) is 7.11 Å². The summed E-state index contributed by atoms with van der Waals surface area (Å²) in [5.74, 6) is 0.789. The highest BCUT2D eigenvalue weighted by molar-refractivity contribution is 5.97. The Morgan fingerprint density at radius 1 is 1.39 bits per heavy atom. The Kier molecular flexibility index (Phi) is 5.45. The van der Waals surface area contributed by atoms with Crippen LogP contribution in [0.3, 0.4) is 0 Å². The maximum atomic E-state index is 11.9. The van der Waals surface area contributed by atoms with Crippen LogP contribution in [0.4, 0.5) is 0 Å². The van der Waals surface area contributed by atoms with E-state index in [0.717, 1.165) is 0 Å². The Morgan fingerprint density at radius 3 is 2.67 bits per heavy atom. The maximum absolute atomic E-state index is 11.9. The molecular formula is C13H19NO4. The highest BCUT2D eigenvalue weighted by atomic mass is 16.5. The molecule has 0 saturated heterocycles. The molecule has 1 aromatic carbocycles. The van der Waals surface area contributed by atoms with Crippen molar-refractivity contribution in [2.75, 3.05) is 20.8 Å². The summed E-state index contributed by atoms with van der Waals surface area (Å²) in [6, 6.07) is 4.96. The summed E-state index contributed by atoms with van der Waals surface area (Å²) in [6.45, 7) is 2.08. The molecule has 2 N–H and O–H groups in total. The van der Waals surface area contributed by atoms with Gasteiger partial charge in [-0.05, 0) is 18.6 Å². The van der Waals surface area contributed by atoms with E-state index in [1.807, 2.05) is 6.92 Å². The summed E-state index contributed by atoms with van der Waals surface area (Å²) in [7, 11) is 3.04. The van der Waals surface area contributed by atoms with Crippen LogP contribution in [0.5, 0.6) is 11.5 Å². The van der Waals surface area contributed by atoms with Crippen molar-refractivity contribution >= 4 is 5.91 Å². The van der Waals surface area contributed by atoms with Gasteiger partial charge in [0.2, 0.25) is 0 Å². The first-order valence-electron chi connectivity index (χ1n) is 5.80. The first kappa shape index (κ1) is 14.3. The van der Waals surface area contributed by atoms with E-state index in [-0.39, 0.29) is 12.5 Å². The lowest BCUT2D eigenvalue weighted by atomic mass is 10.1. The Hall–Kier alpha value is -1.75. The van der Waals surface area contributed by atoms with Gasteiger partial charge in [-0.25, -0.2) is 0 Å². The van der Waals surface area contributed by atoms with Crippen LogP contribution >= 0.6 is 0 Å². The van der Waals surface area contributed by atoms with Crippen molar-refractivity contribution in [2.24, 2.45) is 0 Å². The van der Waals surface area contributed by atoms with Gasteiger partial charge < -0.3 is 19.9 Å². The lowest BCUT2D eigenvalue weighted by molar-refractivity contribution is 0.0911. The zero-order valence-electron chi connectivity index (χ0n) is 10.9. The summed E-state index contributed by atoms with van der Waals surface area (Å²) in [5, 5.41) is 12.0. The van der Waals surface area contributed by atoms with E-state index in [4.69, 9.17) is 9.47 Å². The van der Waals surface area contributed by atoms with Crippen LogP contribution in [0.2, 0.25) is 0 Å². The molecule has 0 saturated carbocycles. The second-order valence-corrected chi connectivity index (χ2v) is 3.84. The highest BCUT2D eigenvalue weighted by Gasteiger charge is 2.13. The Morgan fingerprint density at radius 2 is 2.11 bits per heavy atom. The third-order valence-electron chi connectivity index (χ3n) is 2.62. The van der Waals surface area contributed by atoms with E-state index >= 15 is 0 Å². The number of aliphatic hydroxyl groups is 1. The molecule has 1 rings (SSSR count). The number of amides is 1. The molecule has 18 heavy (non-hydrogen) atoms. The fourth-order valence-corrected chi connectivity index (χ4v) is 1.44. The number of hydrogen-bond acceptors (Lipinski definition) is 4. The van der Waals surface area contributed by atoms with Crippen molar-refractivity contribution in [3.63, 3.8) is 0 Å². The molecule has 5 nitrogen and oxygen atoms in total. The molecule has 5 heteroatoms. The van der Waals surface area contributed by atoms with Crippen molar-refractivity contribution < 1.29 is 19.4 Å². The molecular weight excluding hydrogens is 234 g/mol. The third-order valence-corrected chi connectivity index (χ3v) is 2.62. The van der Waals surface area contributed by atoms with Crippen LogP contribution in [0.15, 0.2) is 18.2 Å². The molecule has 0 aliphatic rings. The Balaban J connectivity index is 2.78. The Bertz CT molecular complexity index is 406. The average molecular weight is 253 g/mol. The number of benzene rings is 1. The van der Waals surface area contributed by atoms with Gasteiger partial charge in [0.25, 0.3) is 5.91 Å². The summed E-state index contributed by atoms with van der Waals surface area (Å²) in [6.07, 6.45) is 0.0678. The van der Waals surface area contributed by atoms with Crippen LogP contribution in [-0.4, -0.2) is 37.9 Å². The van der Waals surface area contributed by atoms with Crippen LogP contribution in [0, 0.1) is 0 Å². The lowest BCUT2D eigenvalue weighted by Gasteiger charge is -2.12. The largest absolute Gasteiger partial charge is 0.497 e. The number of hydrogen-bond donors (Lipinski definition) is 2. The number of aliphatic hydroxyl groups excluding tert-OH is 1. The number of methoxy groups -OCH3 is 2. The van der Waals surface area contributed by atoms with Crippen LogP contribution in [0.1, 0.15) is 23.7 Å². The van der Waals surface area contributed by atoms with Crippen molar-refractivity contribution in [3.8, 4) is 11.5 Å². The first-order chi connectivity index (χ1) is 8.62. The van der Waals surface area contributed by atoms with Crippen molar-refractivity contribution in [2.45, 2.75) is 19.4 Å². The Labute approximate surface area is 107 Å². The van der Waals surface area contributed by atoms with Gasteiger partial charge in [-0.15, -0.1) is 0 Å². The number of nitrogens with one attached hydrogen (secondary N) is 1. The van der Waals surface area contributed by atoms with Gasteiger partial charge in [0.15, 0.2) is 0 Å². The number of carbonyl (C=O) groups is 1. The number of ether oxygens (including phenoxy) is 2. The van der Waals surface area contributed by atoms with E-state index in [2.05, 4.69) is 5.32 Å². The third kappa shape index (κ3) is 3.63. The number of rotatable bonds is 6. The molecule has 1 atom stereocenters. The van der Waals surface area contributed by atoms with Gasteiger partial charge >= 0.3 is 0 Å². The molecule has 0 aliphatic heterocycles. The maximum Gasteiger partial charge on any atom is 0.255 e. The van der Waals surface area contributed by atoms with Crippen molar-refractivity contribution in [1.82, 2.24) is 5.32 Å². The van der Waals surface area contributed by atoms with Crippen molar-refractivity contribution in [3.05, 3.63) is 23.8 Å². The number of carbonyl (C=O) groups excluding carboxylic acids is 1. The minimum absolute atomic E-state index is 0.227. The van der Waals surface area contributed by atoms with Gasteiger partial charge in [0, 0.05) is 12.6 Å². The van der Waals surface area contributed by atoms with Gasteiger partial charge in [-0.1, -0.05) is 6.92 Å². The smallest absolute Gasteiger partial charge is 0.255 e. The molecule has 0 aliphatic carbocycles. The normalized spacial score (nSPS) is 11.8. The second-order valence-electron chi connectivity index (χ2n) is 3.84. The highest BCUT2D eigenvalue weighted by Crippen LogP contribution is 2.24. The predicted octanol–water partition coefficient (Wildman–Crippen LogP) is 1.20. The summed E-state index contributed by atoms with van der Waals surface area (Å²) < 4.78 is 10.2. The van der Waals surface area contributed by atoms with Gasteiger partial charge in [-0.2, -0.15) is 0 Å². The fourth-order valence-electron chi connectivity index (χ4n) is 1.44. The summed E-state index contributed by atoms with van der Waals surface area (Å²) in [4.78, 5) is 11.9. The van der Waals surface area contributed by atoms with E-state index in [1.54, 1.807) is 25.3 Å². The molecule has 0 bridgehead atoms. The second kappa shape index (κ2) is 6.86. The first-order valence-corrected chi connectivity index (χ1v) is 5.80. The topological polar surface area (TPSA) is 67.8 Å². The van der Waals surface area contributed by atoms with E-state index < -0.39 is 6.10 Å². The zero-order chi connectivity index (χ0) is 13.5. The molecule has 100 valence electrons. The van der Waals surface area contributed by atoms with E-state index in [9.17, 15) is 9.90 Å². The monoisotopic (exact) mass is 253 g/mol. The van der Waals surface area contributed by atoms with Crippen molar-refractivity contribution in [1.29, 1.82) is 0 Å². The van der Waals surface area contributed by atoms with Gasteiger partial charge in [0.1, 0.15) is 11.5 Å². The van der Waals surface area contributed by atoms with Crippen LogP contribution < -0.4 is 14.8 Å². The molecule has 1 amide bonds. The minimum Gasteiger partial charge on any atom is -0.497 e. The SMILES string of the molecule is CCC(O)CNC(=O)c1ccc(OC)cc1OC. The summed E-state index contributed by atoms with van der Waals surface area (Å²) in [5.41, 5.74) is 0.418. The molecule has 0 fully saturated rings. The minimum atomic E-state index is -0.529. The van der Waals surface area contributed by atoms with E-state index in [0.29, 0.717) is 23.5 Å². The molecule has 0 heterocycles. The summed E-state index contributed by atoms with van der Waals surface area (Å²) >= 11 is 0. The predicted molar refractivity (Wildman–Crippen MR) is 68.2 cm³/mol. The zero-order valence-corrected chi connectivity index (χ0v) is 10.9. The molecule has 1 unspecified atom stereocenters. The van der Waals surface area contributed by atoms with Gasteiger partial charge in [-0.3, -0.25) is 4.79 Å². The quantitative estimate of drug-likeness (QED) is 0.799. The molecule has 0 aromatic heterocycles.